The van der Waals surface area contributed by atoms with Gasteiger partial charge in [0.2, 0.25) is 0 Å². The molecule has 0 bridgehead atoms. The van der Waals surface area contributed by atoms with Crippen LogP contribution in [0.2, 0.25) is 0 Å². The van der Waals surface area contributed by atoms with Crippen LogP contribution >= 0.6 is 15.9 Å². The monoisotopic (exact) mass is 311 g/mol. The molecule has 94 valence electrons. The van der Waals surface area contributed by atoms with Gasteiger partial charge in [0.1, 0.15) is 6.61 Å². The lowest BCUT2D eigenvalue weighted by Crippen LogP contribution is -2.08. The molecule has 0 aliphatic carbocycles. The Morgan fingerprint density at radius 1 is 1.33 bits per heavy atom. The predicted octanol–water partition coefficient (Wildman–Crippen LogP) is 2.85. The van der Waals surface area contributed by atoms with Crippen molar-refractivity contribution in [2.45, 2.75) is 6.61 Å². The van der Waals surface area contributed by atoms with Crippen molar-refractivity contribution in [1.82, 2.24) is 4.98 Å². The largest absolute Gasteiger partial charge is 0.484 e. The number of halogens is 2. The molecule has 6 heteroatoms. The first-order valence-electron chi connectivity index (χ1n) is 5.18. The van der Waals surface area contributed by atoms with E-state index >= 15 is 0 Å². The third kappa shape index (κ3) is 3.18. The van der Waals surface area contributed by atoms with Crippen molar-refractivity contribution >= 4 is 21.6 Å². The molecular formula is C12H11BrFN3O. The first kappa shape index (κ1) is 12.8. The molecule has 1 aromatic carbocycles. The fourth-order valence-corrected chi connectivity index (χ4v) is 1.73. The lowest BCUT2D eigenvalue weighted by Gasteiger charge is -2.08. The minimum atomic E-state index is -0.411. The summed E-state index contributed by atoms with van der Waals surface area (Å²) in [5.41, 5.74) is 3.89. The van der Waals surface area contributed by atoms with E-state index < -0.39 is 5.82 Å². The molecule has 0 unspecified atom stereocenters. The predicted molar refractivity (Wildman–Crippen MR) is 70.5 cm³/mol. The summed E-state index contributed by atoms with van der Waals surface area (Å²) in [6, 6.07) is 7.98. The quantitative estimate of drug-likeness (QED) is 0.673. The Hall–Kier alpha value is -1.66. The molecule has 0 radical (unpaired) electrons. The molecule has 0 aliphatic rings. The second-order valence-electron chi connectivity index (χ2n) is 3.54. The molecule has 4 nitrogen and oxygen atoms in total. The molecule has 1 heterocycles. The van der Waals surface area contributed by atoms with E-state index in [9.17, 15) is 4.39 Å². The molecular weight excluding hydrogens is 301 g/mol. The zero-order chi connectivity index (χ0) is 13.0. The maximum absolute atomic E-state index is 13.4. The topological polar surface area (TPSA) is 60.2 Å². The Balaban J connectivity index is 2.08. The molecule has 0 fully saturated rings. The van der Waals surface area contributed by atoms with Crippen molar-refractivity contribution in [3.63, 3.8) is 0 Å². The molecule has 0 saturated carbocycles. The average molecular weight is 312 g/mol. The minimum Gasteiger partial charge on any atom is -0.484 e. The van der Waals surface area contributed by atoms with Crippen LogP contribution in [-0.4, -0.2) is 4.98 Å². The van der Waals surface area contributed by atoms with Crippen LogP contribution in [0.3, 0.4) is 0 Å². The number of nitrogens with one attached hydrogen (secondary N) is 1. The number of anilines is 1. The van der Waals surface area contributed by atoms with Crippen molar-refractivity contribution < 1.29 is 9.13 Å². The van der Waals surface area contributed by atoms with Gasteiger partial charge >= 0.3 is 0 Å². The number of hydrazine groups is 1. The van der Waals surface area contributed by atoms with Crippen LogP contribution in [-0.2, 0) is 6.61 Å². The number of rotatable bonds is 4. The Bertz CT molecular complexity index is 551. The normalized spacial score (nSPS) is 10.2. The van der Waals surface area contributed by atoms with E-state index in [2.05, 4.69) is 26.3 Å². The number of nitrogens with two attached hydrogens (primary N) is 1. The van der Waals surface area contributed by atoms with Gasteiger partial charge in [0.15, 0.2) is 11.6 Å². The lowest BCUT2D eigenvalue weighted by atomic mass is 10.3. The van der Waals surface area contributed by atoms with Crippen LogP contribution in [0.25, 0.3) is 0 Å². The fraction of sp³-hybridized carbons (Fsp3) is 0.0833. The number of nitrogen functional groups attached to an aromatic ring is 1. The minimum absolute atomic E-state index is 0.170. The van der Waals surface area contributed by atoms with E-state index in [4.69, 9.17) is 10.6 Å². The summed E-state index contributed by atoms with van der Waals surface area (Å²) in [7, 11) is 0. The molecule has 2 aromatic rings. The maximum Gasteiger partial charge on any atom is 0.165 e. The summed E-state index contributed by atoms with van der Waals surface area (Å²) in [4.78, 5) is 4.10. The second-order valence-corrected chi connectivity index (χ2v) is 4.46. The van der Waals surface area contributed by atoms with Gasteiger partial charge in [-0.25, -0.2) is 4.39 Å². The summed E-state index contributed by atoms with van der Waals surface area (Å²) in [5, 5.41) is 0. The molecule has 0 spiro atoms. The van der Waals surface area contributed by atoms with Gasteiger partial charge in [0, 0.05) is 10.7 Å². The highest BCUT2D eigenvalue weighted by Gasteiger charge is 2.05. The number of hydrogen-bond acceptors (Lipinski definition) is 4. The van der Waals surface area contributed by atoms with Gasteiger partial charge in [-0.2, -0.15) is 0 Å². The molecule has 2 rings (SSSR count). The third-order valence-electron chi connectivity index (χ3n) is 2.25. The van der Waals surface area contributed by atoms with Gasteiger partial charge < -0.3 is 10.2 Å². The third-order valence-corrected chi connectivity index (χ3v) is 2.75. The highest BCUT2D eigenvalue weighted by Crippen LogP contribution is 2.23. The van der Waals surface area contributed by atoms with Crippen LogP contribution in [0.15, 0.2) is 41.0 Å². The number of pyridine rings is 1. The smallest absolute Gasteiger partial charge is 0.165 e. The highest BCUT2D eigenvalue weighted by atomic mass is 79.9. The van der Waals surface area contributed by atoms with Crippen LogP contribution in [0.1, 0.15) is 5.69 Å². The van der Waals surface area contributed by atoms with Gasteiger partial charge in [-0.05, 0) is 30.3 Å². The SMILES string of the molecule is NNc1ccnc(COc2cc(Br)ccc2F)c1. The van der Waals surface area contributed by atoms with Crippen LogP contribution < -0.4 is 16.0 Å². The summed E-state index contributed by atoms with van der Waals surface area (Å²) >= 11 is 3.26. The molecule has 18 heavy (non-hydrogen) atoms. The number of nitrogens with zero attached hydrogens (tertiary/aromatic N) is 1. The summed E-state index contributed by atoms with van der Waals surface area (Å²) in [6.07, 6.45) is 1.60. The van der Waals surface area contributed by atoms with Gasteiger partial charge in [-0.15, -0.1) is 0 Å². The summed E-state index contributed by atoms with van der Waals surface area (Å²) in [6.45, 7) is 0.170. The van der Waals surface area contributed by atoms with E-state index in [1.165, 1.54) is 6.07 Å². The number of hydrogen-bond donors (Lipinski definition) is 2. The Morgan fingerprint density at radius 3 is 2.94 bits per heavy atom. The van der Waals surface area contributed by atoms with Crippen molar-refractivity contribution in [3.05, 3.63) is 52.5 Å². The van der Waals surface area contributed by atoms with Crippen LogP contribution in [0.4, 0.5) is 10.1 Å². The average Bonchev–Trinajstić information content (AvgIpc) is 2.40. The molecule has 0 saturated heterocycles. The van der Waals surface area contributed by atoms with Crippen LogP contribution in [0.5, 0.6) is 5.75 Å². The van der Waals surface area contributed by atoms with Crippen molar-refractivity contribution in [1.29, 1.82) is 0 Å². The number of aromatic nitrogens is 1. The van der Waals surface area contributed by atoms with E-state index in [1.54, 1.807) is 30.5 Å². The zero-order valence-electron chi connectivity index (χ0n) is 9.36. The fourth-order valence-electron chi connectivity index (χ4n) is 1.39. The maximum atomic E-state index is 13.4. The zero-order valence-corrected chi connectivity index (χ0v) is 10.9. The lowest BCUT2D eigenvalue weighted by molar-refractivity contribution is 0.286. The molecule has 1 aromatic heterocycles. The Morgan fingerprint density at radius 2 is 2.17 bits per heavy atom. The molecule has 0 amide bonds. The van der Waals surface area contributed by atoms with E-state index in [1.807, 2.05) is 0 Å². The summed E-state index contributed by atoms with van der Waals surface area (Å²) in [5.74, 6) is 5.05. The number of ether oxygens (including phenoxy) is 1. The van der Waals surface area contributed by atoms with E-state index in [-0.39, 0.29) is 12.4 Å². The van der Waals surface area contributed by atoms with E-state index in [0.717, 1.165) is 10.2 Å². The molecule has 3 N–H and O–H groups in total. The van der Waals surface area contributed by atoms with Crippen molar-refractivity contribution in [2.24, 2.45) is 5.84 Å². The first-order chi connectivity index (χ1) is 8.69. The van der Waals surface area contributed by atoms with Crippen molar-refractivity contribution in [2.75, 3.05) is 5.43 Å². The van der Waals surface area contributed by atoms with Gasteiger partial charge in [-0.1, -0.05) is 15.9 Å². The molecule has 0 atom stereocenters. The van der Waals surface area contributed by atoms with E-state index in [0.29, 0.717) is 5.69 Å². The Labute approximate surface area is 112 Å². The van der Waals surface area contributed by atoms with Gasteiger partial charge in [0.05, 0.1) is 11.4 Å². The standard InChI is InChI=1S/C12H11BrFN3O/c13-8-1-2-11(14)12(5-8)18-7-10-6-9(17-15)3-4-16-10/h1-6H,7,15H2,(H,16,17). The first-order valence-corrected chi connectivity index (χ1v) is 5.98. The Kier molecular flexibility index (Phi) is 4.11. The summed E-state index contributed by atoms with van der Waals surface area (Å²) < 4.78 is 19.5. The van der Waals surface area contributed by atoms with Gasteiger partial charge in [0.25, 0.3) is 0 Å². The van der Waals surface area contributed by atoms with Crippen LogP contribution in [0, 0.1) is 5.82 Å². The number of benzene rings is 1. The molecule has 0 aliphatic heterocycles. The van der Waals surface area contributed by atoms with Gasteiger partial charge in [-0.3, -0.25) is 10.8 Å². The second kappa shape index (κ2) is 5.79. The highest BCUT2D eigenvalue weighted by molar-refractivity contribution is 9.10. The van der Waals surface area contributed by atoms with Crippen molar-refractivity contribution in [3.8, 4) is 5.75 Å².